The van der Waals surface area contributed by atoms with E-state index in [1.54, 1.807) is 16.8 Å². The fraction of sp³-hybridized carbons (Fsp3) is 0.250. The molecule has 2 heterocycles. The van der Waals surface area contributed by atoms with Gasteiger partial charge in [-0.1, -0.05) is 49.4 Å². The molecule has 0 saturated heterocycles. The fourth-order valence-corrected chi connectivity index (χ4v) is 3.77. The van der Waals surface area contributed by atoms with Gasteiger partial charge in [0.25, 0.3) is 5.56 Å². The molecule has 0 unspecified atom stereocenters. The quantitative estimate of drug-likeness (QED) is 0.463. The first-order valence-electron chi connectivity index (χ1n) is 10.5. The van der Waals surface area contributed by atoms with Gasteiger partial charge in [0.2, 0.25) is 5.91 Å². The Labute approximate surface area is 184 Å². The maximum Gasteiger partial charge on any atom is 0.264 e. The Morgan fingerprint density at radius 1 is 1.16 bits per heavy atom. The summed E-state index contributed by atoms with van der Waals surface area (Å²) in [6.45, 7) is 2.96. The van der Waals surface area contributed by atoms with E-state index in [0.717, 1.165) is 5.56 Å². The summed E-state index contributed by atoms with van der Waals surface area (Å²) < 4.78 is 16.5. The highest BCUT2D eigenvalue weighted by Crippen LogP contribution is 2.19. The van der Waals surface area contributed by atoms with Crippen molar-refractivity contribution in [2.75, 3.05) is 6.54 Å². The van der Waals surface area contributed by atoms with Gasteiger partial charge in [0, 0.05) is 6.54 Å². The summed E-state index contributed by atoms with van der Waals surface area (Å²) in [4.78, 5) is 29.8. The van der Waals surface area contributed by atoms with Crippen LogP contribution in [0.3, 0.4) is 0 Å². The average Bonchev–Trinajstić information content (AvgIpc) is 3.21. The standard InChI is InChI=1S/C24H24FN5O2/c1-2-20(18-8-4-3-5-9-18)23(31)26-11-12-30-22-21(14-28-30)24(32)29(16-27-22)15-17-7-6-10-19(25)13-17/h3-10,13-14,16,20H,2,11-12,15H2,1H3,(H,26,31)/t20-/m1/s1. The van der Waals surface area contributed by atoms with Crippen LogP contribution in [-0.2, 0) is 17.9 Å². The molecule has 2 aromatic heterocycles. The van der Waals surface area contributed by atoms with Gasteiger partial charge >= 0.3 is 0 Å². The van der Waals surface area contributed by atoms with E-state index in [-0.39, 0.29) is 29.7 Å². The summed E-state index contributed by atoms with van der Waals surface area (Å²) in [7, 11) is 0. The van der Waals surface area contributed by atoms with Crippen LogP contribution in [0.4, 0.5) is 4.39 Å². The van der Waals surface area contributed by atoms with Crippen molar-refractivity contribution >= 4 is 16.9 Å². The number of hydrogen-bond acceptors (Lipinski definition) is 4. The molecule has 0 radical (unpaired) electrons. The monoisotopic (exact) mass is 433 g/mol. The number of aromatic nitrogens is 4. The third-order valence-electron chi connectivity index (χ3n) is 5.41. The van der Waals surface area contributed by atoms with Gasteiger partial charge in [0.05, 0.1) is 25.2 Å². The number of hydrogen-bond donors (Lipinski definition) is 1. The van der Waals surface area contributed by atoms with Crippen LogP contribution < -0.4 is 10.9 Å². The largest absolute Gasteiger partial charge is 0.354 e. The summed E-state index contributed by atoms with van der Waals surface area (Å²) >= 11 is 0. The zero-order valence-corrected chi connectivity index (χ0v) is 17.7. The van der Waals surface area contributed by atoms with Crippen molar-refractivity contribution in [3.8, 4) is 0 Å². The van der Waals surface area contributed by atoms with Crippen molar-refractivity contribution in [3.63, 3.8) is 0 Å². The van der Waals surface area contributed by atoms with E-state index in [0.29, 0.717) is 36.1 Å². The van der Waals surface area contributed by atoms with Crippen LogP contribution in [0, 0.1) is 5.82 Å². The molecule has 0 aliphatic carbocycles. The Morgan fingerprint density at radius 2 is 1.97 bits per heavy atom. The highest BCUT2D eigenvalue weighted by Gasteiger charge is 2.18. The third kappa shape index (κ3) is 4.59. The van der Waals surface area contributed by atoms with Crippen molar-refractivity contribution < 1.29 is 9.18 Å². The van der Waals surface area contributed by atoms with Crippen LogP contribution in [0.2, 0.25) is 0 Å². The van der Waals surface area contributed by atoms with E-state index < -0.39 is 0 Å². The predicted molar refractivity (Wildman–Crippen MR) is 120 cm³/mol. The van der Waals surface area contributed by atoms with Crippen LogP contribution in [-0.4, -0.2) is 31.8 Å². The van der Waals surface area contributed by atoms with E-state index >= 15 is 0 Å². The van der Waals surface area contributed by atoms with Gasteiger partial charge in [-0.25, -0.2) is 14.1 Å². The minimum atomic E-state index is -0.350. The van der Waals surface area contributed by atoms with E-state index in [1.165, 1.54) is 29.2 Å². The lowest BCUT2D eigenvalue weighted by Gasteiger charge is -2.15. The number of carbonyl (C=O) groups excluding carboxylic acids is 1. The molecule has 1 atom stereocenters. The molecule has 164 valence electrons. The number of halogens is 1. The maximum atomic E-state index is 13.4. The minimum Gasteiger partial charge on any atom is -0.354 e. The molecule has 1 N–H and O–H groups in total. The number of fused-ring (bicyclic) bond motifs is 1. The van der Waals surface area contributed by atoms with Gasteiger partial charge in [-0.2, -0.15) is 5.10 Å². The van der Waals surface area contributed by atoms with Crippen molar-refractivity contribution in [2.45, 2.75) is 32.4 Å². The van der Waals surface area contributed by atoms with Crippen LogP contribution in [0.5, 0.6) is 0 Å². The molecule has 0 saturated carbocycles. The molecular weight excluding hydrogens is 409 g/mol. The van der Waals surface area contributed by atoms with Gasteiger partial charge < -0.3 is 5.32 Å². The van der Waals surface area contributed by atoms with Crippen LogP contribution >= 0.6 is 0 Å². The summed E-state index contributed by atoms with van der Waals surface area (Å²) in [5.41, 5.74) is 1.87. The van der Waals surface area contributed by atoms with Gasteiger partial charge in [0.1, 0.15) is 17.5 Å². The van der Waals surface area contributed by atoms with E-state index in [9.17, 15) is 14.0 Å². The Hall–Kier alpha value is -3.81. The maximum absolute atomic E-state index is 13.4. The number of nitrogens with one attached hydrogen (secondary N) is 1. The second kappa shape index (κ2) is 9.55. The lowest BCUT2D eigenvalue weighted by molar-refractivity contribution is -0.122. The average molecular weight is 433 g/mol. The fourth-order valence-electron chi connectivity index (χ4n) is 3.77. The predicted octanol–water partition coefficient (Wildman–Crippen LogP) is 3.09. The van der Waals surface area contributed by atoms with Crippen molar-refractivity contribution in [3.05, 3.63) is 94.4 Å². The number of benzene rings is 2. The zero-order valence-electron chi connectivity index (χ0n) is 17.7. The number of nitrogens with zero attached hydrogens (tertiary/aromatic N) is 4. The molecule has 0 fully saturated rings. The van der Waals surface area contributed by atoms with E-state index in [2.05, 4.69) is 15.4 Å². The van der Waals surface area contributed by atoms with E-state index in [4.69, 9.17) is 0 Å². The molecule has 4 aromatic rings. The van der Waals surface area contributed by atoms with Crippen LogP contribution in [0.25, 0.3) is 11.0 Å². The van der Waals surface area contributed by atoms with Gasteiger partial charge in [0.15, 0.2) is 5.65 Å². The molecule has 1 amide bonds. The van der Waals surface area contributed by atoms with Gasteiger partial charge in [-0.05, 0) is 29.7 Å². The molecular formula is C24H24FN5O2. The normalized spacial score (nSPS) is 12.1. The van der Waals surface area contributed by atoms with Gasteiger partial charge in [-0.3, -0.25) is 14.2 Å². The Balaban J connectivity index is 1.43. The molecule has 4 rings (SSSR count). The van der Waals surface area contributed by atoms with Crippen molar-refractivity contribution in [1.82, 2.24) is 24.6 Å². The highest BCUT2D eigenvalue weighted by atomic mass is 19.1. The first kappa shape index (κ1) is 21.4. The molecule has 0 spiro atoms. The molecule has 7 nitrogen and oxygen atoms in total. The second-order valence-electron chi connectivity index (χ2n) is 7.58. The summed E-state index contributed by atoms with van der Waals surface area (Å²) in [6.07, 6.45) is 3.62. The molecule has 0 aliphatic heterocycles. The Morgan fingerprint density at radius 3 is 2.72 bits per heavy atom. The minimum absolute atomic E-state index is 0.0411. The first-order valence-corrected chi connectivity index (χ1v) is 10.5. The van der Waals surface area contributed by atoms with E-state index in [1.807, 2.05) is 37.3 Å². The molecule has 32 heavy (non-hydrogen) atoms. The summed E-state index contributed by atoms with van der Waals surface area (Å²) in [5.74, 6) is -0.601. The van der Waals surface area contributed by atoms with Crippen molar-refractivity contribution in [1.29, 1.82) is 0 Å². The van der Waals surface area contributed by atoms with Gasteiger partial charge in [-0.15, -0.1) is 0 Å². The molecule has 8 heteroatoms. The lowest BCUT2D eigenvalue weighted by Crippen LogP contribution is -2.32. The zero-order chi connectivity index (χ0) is 22.5. The first-order chi connectivity index (χ1) is 15.6. The van der Waals surface area contributed by atoms with Crippen LogP contribution in [0.15, 0.2) is 71.9 Å². The van der Waals surface area contributed by atoms with Crippen molar-refractivity contribution in [2.24, 2.45) is 0 Å². The summed E-state index contributed by atoms with van der Waals surface area (Å²) in [6, 6.07) is 15.8. The second-order valence-corrected chi connectivity index (χ2v) is 7.58. The van der Waals surface area contributed by atoms with Crippen LogP contribution in [0.1, 0.15) is 30.4 Å². The molecule has 2 aromatic carbocycles. The Bertz CT molecular complexity index is 1280. The summed E-state index contributed by atoms with van der Waals surface area (Å²) in [5, 5.41) is 7.60. The Kier molecular flexibility index (Phi) is 6.39. The highest BCUT2D eigenvalue weighted by molar-refractivity contribution is 5.83. The molecule has 0 aliphatic rings. The number of carbonyl (C=O) groups is 1. The lowest BCUT2D eigenvalue weighted by atomic mass is 9.96. The third-order valence-corrected chi connectivity index (χ3v) is 5.41. The topological polar surface area (TPSA) is 81.8 Å². The smallest absolute Gasteiger partial charge is 0.264 e. The number of amides is 1. The number of rotatable bonds is 8. The molecule has 0 bridgehead atoms. The SMILES string of the molecule is CC[C@@H](C(=O)NCCn1ncc2c(=O)n(Cc3cccc(F)c3)cnc21)c1ccccc1.